The van der Waals surface area contributed by atoms with E-state index in [0.29, 0.717) is 113 Å². The topological polar surface area (TPSA) is 248 Å². The summed E-state index contributed by atoms with van der Waals surface area (Å²) >= 11 is 37.5. The number of ether oxygens (including phenoxy) is 2. The Morgan fingerprint density at radius 1 is 0.731 bits per heavy atom. The molecular formula is C81H110Cl6N6O13S2. The maximum atomic E-state index is 12.6. The summed E-state index contributed by atoms with van der Waals surface area (Å²) in [5.74, 6) is 2.18. The number of hydrogen-bond acceptors (Lipinski definition) is 17. The number of hydroxylamine groups is 2. The fourth-order valence-electron chi connectivity index (χ4n) is 12.5. The second-order valence-electron chi connectivity index (χ2n) is 28.2. The largest absolute Gasteiger partial charge is 0.511 e. The summed E-state index contributed by atoms with van der Waals surface area (Å²) in [5, 5.41) is 43.9. The maximum absolute atomic E-state index is 12.6. The number of halogens is 6. The molecule has 7 unspecified atom stereocenters. The average Bonchev–Trinajstić information content (AvgIpc) is 1.57. The molecule has 3 aliphatic heterocycles. The summed E-state index contributed by atoms with van der Waals surface area (Å²) < 4.78 is 12.7. The number of amides is 3. The second kappa shape index (κ2) is 47.5. The van der Waals surface area contributed by atoms with Crippen molar-refractivity contribution < 1.29 is 63.3 Å². The molecule has 27 heteroatoms. The Hall–Kier alpha value is -5.82. The smallest absolute Gasteiger partial charge is 0.356 e. The van der Waals surface area contributed by atoms with Gasteiger partial charge >= 0.3 is 12.0 Å². The molecule has 108 heavy (non-hydrogen) atoms. The van der Waals surface area contributed by atoms with Crippen molar-refractivity contribution in [2.45, 2.75) is 208 Å². The van der Waals surface area contributed by atoms with Gasteiger partial charge in [-0.15, -0.1) is 0 Å². The molecule has 19 nitrogen and oxygen atoms in total. The maximum Gasteiger partial charge on any atom is 0.356 e. The molecule has 3 amide bonds. The van der Waals surface area contributed by atoms with E-state index in [1.54, 1.807) is 32.3 Å². The van der Waals surface area contributed by atoms with E-state index in [9.17, 15) is 34.2 Å². The first-order chi connectivity index (χ1) is 51.1. The molecule has 7 atom stereocenters. The van der Waals surface area contributed by atoms with Crippen molar-refractivity contribution in [1.82, 2.24) is 14.9 Å². The van der Waals surface area contributed by atoms with Gasteiger partial charge in [0, 0.05) is 83.5 Å². The van der Waals surface area contributed by atoms with Gasteiger partial charge in [0.2, 0.25) is 0 Å². The van der Waals surface area contributed by atoms with Crippen molar-refractivity contribution in [3.05, 3.63) is 173 Å². The number of ketones is 2. The molecule has 1 aromatic heterocycles. The first kappa shape index (κ1) is 94.6. The van der Waals surface area contributed by atoms with Crippen LogP contribution < -0.4 is 5.32 Å². The molecule has 2 aliphatic carbocycles. The SMILES string of the molecule is CC1(C)CON(Cc2ccccc2Cl)C1=O.CCC/C(=N\OC/C=C/Cl)C1=C(O)CC(CC(C)SCC)CC1=O.CCSC(C)CC1CC(=O)C(/C(CC)=N/OC/C=C/Cl)=C(O)C1.Cc1ccc(NC(=O)N(C)C)cc1Cl.Cc1ccccc1COC1CC2(C(C)C)CCC1(C)O2.O=C(O)c1nc(Cl)ccc1Cl. The van der Waals surface area contributed by atoms with Gasteiger partial charge in [0.25, 0.3) is 5.91 Å². The van der Waals surface area contributed by atoms with E-state index in [0.717, 1.165) is 54.7 Å². The molecule has 5 aliphatic rings. The van der Waals surface area contributed by atoms with Gasteiger partial charge in [-0.1, -0.05) is 190 Å². The van der Waals surface area contributed by atoms with Crippen molar-refractivity contribution in [3.8, 4) is 0 Å². The third kappa shape index (κ3) is 30.4. The quantitative estimate of drug-likeness (QED) is 0.0187. The molecule has 3 fully saturated rings. The first-order valence-electron chi connectivity index (χ1n) is 36.5. The van der Waals surface area contributed by atoms with Crippen LogP contribution in [-0.2, 0) is 51.5 Å². The summed E-state index contributed by atoms with van der Waals surface area (Å²) in [6.45, 7) is 29.1. The summed E-state index contributed by atoms with van der Waals surface area (Å²) in [6, 6.07) is 24.0. The molecule has 9 rings (SSSR count). The molecular weight excluding hydrogens is 1540 g/mol. The standard InChI is InChI=1S/C18H28ClNO3S.C18H26O2.C17H26ClNO3S.C12H14ClNO2.C10H13ClN2O.C6H3Cl2NO2/c1-4-7-15(20-23-9-6-8-19)18-16(21)11-14(12-17(18)22)10-13(3)24-5-2;1-13(2)18-10-9-17(4,20-18)16(11-18)19-12-15-8-6-5-7-14(15)3;1-4-14(19-22-8-6-7-18)17-15(20)10-13(11-16(17)21)9-12(3)23-5-2;1-12(2)8-16-14(11(12)15)7-9-5-3-4-6-10(9)13;1-7-4-5-8(6-9(7)11)12-10(14)13(2)3;7-3-1-2-4(8)9-5(3)6(10)11/h6,8,13-14,21H,4-5,7,9-12H2,1-3H3;5-8,13,16H,9-12H2,1-4H3;6-7,12-13,20H,4-5,8-11H2,1-3H3;3-6H,7-8H2,1-2H3;4-6H,1-3H3,(H,12,14);1-2H,(H,10,11)/b8-6+,20-15+;;7-6+,19-14+;;;. The van der Waals surface area contributed by atoms with Gasteiger partial charge in [-0.2, -0.15) is 23.5 Å². The van der Waals surface area contributed by atoms with Crippen LogP contribution in [0.25, 0.3) is 0 Å². The second-order valence-corrected chi connectivity index (χ2v) is 33.8. The number of thioether (sulfide) groups is 2. The highest BCUT2D eigenvalue weighted by Gasteiger charge is 2.60. The fourth-order valence-corrected chi connectivity index (χ4v) is 15.4. The van der Waals surface area contributed by atoms with E-state index in [1.807, 2.05) is 94.5 Å². The number of Topliss-reactive ketones (excluding diaryl/α,β-unsaturated/α-hetero) is 2. The summed E-state index contributed by atoms with van der Waals surface area (Å²) in [7, 11) is 3.37. The van der Waals surface area contributed by atoms with Gasteiger partial charge in [-0.05, 0) is 167 Å². The minimum absolute atomic E-state index is 0.00687. The zero-order valence-corrected chi connectivity index (χ0v) is 71.1. The number of anilines is 1. The van der Waals surface area contributed by atoms with E-state index in [2.05, 4.69) is 100 Å². The molecule has 0 radical (unpaired) electrons. The fraction of sp³-hybridized carbons (Fsp3) is 0.531. The first-order valence-corrected chi connectivity index (χ1v) is 41.0. The Morgan fingerprint density at radius 2 is 1.29 bits per heavy atom. The molecule has 3 saturated heterocycles. The molecule has 4 heterocycles. The van der Waals surface area contributed by atoms with Crippen molar-refractivity contribution in [2.24, 2.45) is 33.5 Å². The van der Waals surface area contributed by atoms with Crippen LogP contribution in [0.4, 0.5) is 10.5 Å². The predicted molar refractivity (Wildman–Crippen MR) is 444 cm³/mol. The number of aromatic nitrogens is 1. The molecule has 0 spiro atoms. The van der Waals surface area contributed by atoms with Crippen molar-refractivity contribution in [2.75, 3.05) is 50.7 Å². The van der Waals surface area contributed by atoms with Gasteiger partial charge in [0.15, 0.2) is 17.3 Å². The Labute approximate surface area is 678 Å². The highest BCUT2D eigenvalue weighted by Crippen LogP contribution is 2.55. The molecule has 0 saturated carbocycles. The number of aliphatic hydroxyl groups excluding tert-OH is 2. The number of fused-ring (bicyclic) bond motifs is 2. The van der Waals surface area contributed by atoms with E-state index in [-0.39, 0.29) is 93.2 Å². The summed E-state index contributed by atoms with van der Waals surface area (Å²) in [4.78, 5) is 79.2. The average molecular weight is 1650 g/mol. The van der Waals surface area contributed by atoms with Crippen LogP contribution >= 0.6 is 93.1 Å². The van der Waals surface area contributed by atoms with Crippen molar-refractivity contribution >= 4 is 140 Å². The van der Waals surface area contributed by atoms with E-state index in [1.165, 1.54) is 50.7 Å². The lowest BCUT2D eigenvalue weighted by Gasteiger charge is -2.31. The number of pyridine rings is 1. The Kier molecular flexibility index (Phi) is 41.6. The number of carboxylic acids is 1. The molecule has 596 valence electrons. The number of allylic oxidation sites excluding steroid dienone is 4. The number of carbonyl (C=O) groups is 5. The minimum Gasteiger partial charge on any atom is -0.511 e. The van der Waals surface area contributed by atoms with Crippen LogP contribution in [0.1, 0.15) is 186 Å². The Morgan fingerprint density at radius 3 is 1.75 bits per heavy atom. The van der Waals surface area contributed by atoms with Crippen LogP contribution in [-0.4, -0.2) is 144 Å². The molecule has 2 bridgehead atoms. The van der Waals surface area contributed by atoms with Gasteiger partial charge in [-0.3, -0.25) is 19.2 Å². The van der Waals surface area contributed by atoms with Crippen LogP contribution in [0, 0.1) is 37.0 Å². The van der Waals surface area contributed by atoms with Gasteiger partial charge in [0.1, 0.15) is 29.9 Å². The Balaban J connectivity index is 0.000000278. The number of aromatic carboxylic acids is 1. The number of hydrogen-bond donors (Lipinski definition) is 4. The third-order valence-corrected chi connectivity index (χ3v) is 22.3. The molecule has 4 N–H and O–H groups in total. The normalized spacial score (nSPS) is 20.9. The summed E-state index contributed by atoms with van der Waals surface area (Å²) in [6.07, 6.45) is 12.7. The van der Waals surface area contributed by atoms with Crippen LogP contribution in [0.2, 0.25) is 20.2 Å². The number of benzene rings is 3. The van der Waals surface area contributed by atoms with Gasteiger partial charge in [-0.25, -0.2) is 19.6 Å². The number of carbonyl (C=O) groups excluding carboxylic acids is 4. The highest BCUT2D eigenvalue weighted by molar-refractivity contribution is 8.00. The lowest BCUT2D eigenvalue weighted by atomic mass is 9.75. The van der Waals surface area contributed by atoms with Crippen molar-refractivity contribution in [3.63, 3.8) is 0 Å². The number of aryl methyl sites for hydroxylation is 2. The third-order valence-electron chi connectivity index (χ3n) is 18.5. The number of nitrogens with one attached hydrogen (secondary N) is 1. The number of urea groups is 1. The van der Waals surface area contributed by atoms with E-state index < -0.39 is 11.4 Å². The lowest BCUT2D eigenvalue weighted by molar-refractivity contribution is -0.165. The predicted octanol–water partition coefficient (Wildman–Crippen LogP) is 21.8. The van der Waals surface area contributed by atoms with Gasteiger partial charge in [0.05, 0.1) is 70.1 Å². The number of nitrogens with zero attached hydrogens (tertiary/aromatic N) is 5. The van der Waals surface area contributed by atoms with Crippen LogP contribution in [0.15, 0.2) is 135 Å². The summed E-state index contributed by atoms with van der Waals surface area (Å²) in [5.41, 5.74) is 8.98. The van der Waals surface area contributed by atoms with Crippen LogP contribution in [0.5, 0.6) is 0 Å². The zero-order valence-electron chi connectivity index (χ0n) is 65.0. The highest BCUT2D eigenvalue weighted by atomic mass is 35.5. The molecule has 3 aromatic carbocycles. The number of aliphatic hydroxyl groups is 2. The minimum atomic E-state index is -1.18. The Bertz CT molecular complexity index is 3800. The number of carboxylic acid groups (broad SMARTS) is 1. The zero-order chi connectivity index (χ0) is 80.5. The number of rotatable bonds is 27. The van der Waals surface area contributed by atoms with Gasteiger partial charge < -0.3 is 44.7 Å². The monoisotopic (exact) mass is 1650 g/mol. The lowest BCUT2D eigenvalue weighted by Crippen LogP contribution is -2.38. The van der Waals surface area contributed by atoms with E-state index in [4.69, 9.17) is 98.7 Å². The molecule has 4 aromatic rings. The van der Waals surface area contributed by atoms with Crippen LogP contribution in [0.3, 0.4) is 0 Å². The number of oxime groups is 2. The van der Waals surface area contributed by atoms with E-state index >= 15 is 0 Å². The van der Waals surface area contributed by atoms with Crippen molar-refractivity contribution in [1.29, 1.82) is 0 Å².